The van der Waals surface area contributed by atoms with Crippen molar-refractivity contribution in [2.75, 3.05) is 5.75 Å². The molecule has 1 heterocycles. The maximum absolute atomic E-state index is 3.88. The van der Waals surface area contributed by atoms with Crippen molar-refractivity contribution >= 4 is 11.9 Å². The Morgan fingerprint density at radius 3 is 3.12 bits per heavy atom. The summed E-state index contributed by atoms with van der Waals surface area (Å²) >= 11 is 1.74. The highest BCUT2D eigenvalue weighted by Crippen LogP contribution is 2.01. The van der Waals surface area contributed by atoms with E-state index in [1.807, 2.05) is 10.2 Å². The van der Waals surface area contributed by atoms with Crippen molar-refractivity contribution in [1.29, 1.82) is 0 Å². The second kappa shape index (κ2) is 2.77. The third-order valence-electron chi connectivity index (χ3n) is 0.758. The second-order valence-corrected chi connectivity index (χ2v) is 2.60. The lowest BCUT2D eigenvalue weighted by atomic mass is 11.0. The molecule has 44 valence electrons. The van der Waals surface area contributed by atoms with E-state index in [-0.39, 0.29) is 0 Å². The summed E-state index contributed by atoms with van der Waals surface area (Å²) in [6.07, 6.45) is 5.52. The van der Waals surface area contributed by atoms with Crippen molar-refractivity contribution in [1.82, 2.24) is 8.96 Å². The fraction of sp³-hybridized carbons (Fsp3) is 0.400. The van der Waals surface area contributed by atoms with Gasteiger partial charge in [0.1, 0.15) is 6.33 Å². The first-order chi connectivity index (χ1) is 3.93. The molecule has 0 radical (unpaired) electrons. The summed E-state index contributed by atoms with van der Waals surface area (Å²) in [6.45, 7) is 2.12. The summed E-state index contributed by atoms with van der Waals surface area (Å²) in [5.41, 5.74) is 0. The fourth-order valence-electron chi connectivity index (χ4n) is 0.472. The summed E-state index contributed by atoms with van der Waals surface area (Å²) in [5, 5.41) is 0. The Labute approximate surface area is 53.1 Å². The lowest BCUT2D eigenvalue weighted by Crippen LogP contribution is -1.79. The van der Waals surface area contributed by atoms with Crippen molar-refractivity contribution in [3.8, 4) is 0 Å². The molecule has 0 unspecified atom stereocenters. The Bertz CT molecular complexity index is 136. The molecule has 1 aromatic rings. The largest absolute Gasteiger partial charge is 0.280 e. The van der Waals surface area contributed by atoms with Gasteiger partial charge in [-0.15, -0.1) is 0 Å². The molecular formula is C5H8N2S. The van der Waals surface area contributed by atoms with E-state index < -0.39 is 0 Å². The summed E-state index contributed by atoms with van der Waals surface area (Å²) in [7, 11) is 0. The van der Waals surface area contributed by atoms with Crippen LogP contribution in [0.3, 0.4) is 0 Å². The molecule has 0 atom stereocenters. The van der Waals surface area contributed by atoms with Gasteiger partial charge < -0.3 is 0 Å². The molecule has 0 amide bonds. The highest BCUT2D eigenvalue weighted by molar-refractivity contribution is 7.97. The van der Waals surface area contributed by atoms with Crippen LogP contribution in [-0.2, 0) is 0 Å². The van der Waals surface area contributed by atoms with Crippen LogP contribution in [0.15, 0.2) is 18.7 Å². The van der Waals surface area contributed by atoms with Crippen LogP contribution in [0.1, 0.15) is 6.92 Å². The molecule has 0 N–H and O–H groups in total. The number of hydrogen-bond donors (Lipinski definition) is 0. The van der Waals surface area contributed by atoms with E-state index in [2.05, 4.69) is 11.9 Å². The molecule has 3 heteroatoms. The van der Waals surface area contributed by atoms with Crippen molar-refractivity contribution in [2.45, 2.75) is 6.92 Å². The smallest absolute Gasteiger partial charge is 0.105 e. The Balaban J connectivity index is 2.50. The quantitative estimate of drug-likeness (QED) is 0.599. The first-order valence-corrected chi connectivity index (χ1v) is 3.49. The Morgan fingerprint density at radius 2 is 2.62 bits per heavy atom. The zero-order chi connectivity index (χ0) is 5.82. The molecular weight excluding hydrogens is 120 g/mol. The van der Waals surface area contributed by atoms with Gasteiger partial charge in [0, 0.05) is 18.1 Å². The molecule has 8 heavy (non-hydrogen) atoms. The van der Waals surface area contributed by atoms with Crippen LogP contribution >= 0.6 is 11.9 Å². The van der Waals surface area contributed by atoms with Crippen molar-refractivity contribution in [3.63, 3.8) is 0 Å². The molecule has 0 bridgehead atoms. The normalized spacial score (nSPS) is 9.62. The number of rotatable bonds is 2. The van der Waals surface area contributed by atoms with E-state index >= 15 is 0 Å². The van der Waals surface area contributed by atoms with Crippen LogP contribution in [0.4, 0.5) is 0 Å². The van der Waals surface area contributed by atoms with Crippen LogP contribution in [0, 0.1) is 0 Å². The maximum Gasteiger partial charge on any atom is 0.105 e. The molecule has 0 saturated heterocycles. The lowest BCUT2D eigenvalue weighted by molar-refractivity contribution is 1.22. The highest BCUT2D eigenvalue weighted by atomic mass is 32.2. The van der Waals surface area contributed by atoms with Gasteiger partial charge in [-0.2, -0.15) is 0 Å². The van der Waals surface area contributed by atoms with Gasteiger partial charge in [0.25, 0.3) is 0 Å². The molecule has 1 rings (SSSR count). The van der Waals surface area contributed by atoms with Gasteiger partial charge in [-0.1, -0.05) is 6.92 Å². The van der Waals surface area contributed by atoms with E-state index in [0.29, 0.717) is 0 Å². The third kappa shape index (κ3) is 1.26. The van der Waals surface area contributed by atoms with E-state index in [4.69, 9.17) is 0 Å². The molecule has 1 aromatic heterocycles. The van der Waals surface area contributed by atoms with Gasteiger partial charge in [0.05, 0.1) is 0 Å². The van der Waals surface area contributed by atoms with E-state index in [1.165, 1.54) is 0 Å². The average molecular weight is 128 g/mol. The van der Waals surface area contributed by atoms with Crippen LogP contribution < -0.4 is 0 Å². The standard InChI is InChI=1S/C5H8N2S/c1-2-8-7-4-3-6-5-7/h3-5H,2H2,1H3. The minimum absolute atomic E-state index is 1.09. The molecule has 0 spiro atoms. The van der Waals surface area contributed by atoms with Gasteiger partial charge >= 0.3 is 0 Å². The molecule has 0 aromatic carbocycles. The molecule has 0 aliphatic carbocycles. The minimum atomic E-state index is 1.09. The van der Waals surface area contributed by atoms with Gasteiger partial charge in [0.2, 0.25) is 0 Å². The van der Waals surface area contributed by atoms with Gasteiger partial charge in [0.15, 0.2) is 0 Å². The molecule has 2 nitrogen and oxygen atoms in total. The second-order valence-electron chi connectivity index (χ2n) is 1.34. The van der Waals surface area contributed by atoms with Crippen molar-refractivity contribution < 1.29 is 0 Å². The summed E-state index contributed by atoms with van der Waals surface area (Å²) in [6, 6.07) is 0. The number of imidazole rings is 1. The topological polar surface area (TPSA) is 17.8 Å². The minimum Gasteiger partial charge on any atom is -0.280 e. The van der Waals surface area contributed by atoms with Crippen molar-refractivity contribution in [3.05, 3.63) is 18.7 Å². The first kappa shape index (κ1) is 5.69. The predicted molar refractivity (Wildman–Crippen MR) is 35.8 cm³/mol. The number of hydrogen-bond acceptors (Lipinski definition) is 2. The van der Waals surface area contributed by atoms with Gasteiger partial charge in [-0.25, -0.2) is 4.98 Å². The van der Waals surface area contributed by atoms with E-state index in [1.54, 1.807) is 24.5 Å². The first-order valence-electron chi connectivity index (χ1n) is 2.54. The van der Waals surface area contributed by atoms with E-state index in [0.717, 1.165) is 5.75 Å². The zero-order valence-corrected chi connectivity index (χ0v) is 5.56. The SMILES string of the molecule is CCSn1ccnc1. The average Bonchev–Trinajstić information content (AvgIpc) is 2.19. The Hall–Kier alpha value is -0.440. The molecule has 0 aliphatic rings. The third-order valence-corrected chi connectivity index (χ3v) is 1.53. The lowest BCUT2D eigenvalue weighted by Gasteiger charge is -1.92. The maximum atomic E-state index is 3.88. The predicted octanol–water partition coefficient (Wildman–Crippen LogP) is 1.40. The Morgan fingerprint density at radius 1 is 1.75 bits per heavy atom. The Kier molecular flexibility index (Phi) is 1.97. The van der Waals surface area contributed by atoms with E-state index in [9.17, 15) is 0 Å². The fourth-order valence-corrected chi connectivity index (χ4v) is 1.03. The van der Waals surface area contributed by atoms with Crippen LogP contribution in [-0.4, -0.2) is 14.7 Å². The number of aromatic nitrogens is 2. The molecule has 0 saturated carbocycles. The summed E-state index contributed by atoms with van der Waals surface area (Å²) in [4.78, 5) is 3.88. The highest BCUT2D eigenvalue weighted by Gasteiger charge is 1.82. The summed E-state index contributed by atoms with van der Waals surface area (Å²) in [5.74, 6) is 1.09. The van der Waals surface area contributed by atoms with Crippen LogP contribution in [0.25, 0.3) is 0 Å². The van der Waals surface area contributed by atoms with Gasteiger partial charge in [-0.3, -0.25) is 3.97 Å². The van der Waals surface area contributed by atoms with Crippen molar-refractivity contribution in [2.24, 2.45) is 0 Å². The van der Waals surface area contributed by atoms with Crippen LogP contribution in [0.5, 0.6) is 0 Å². The van der Waals surface area contributed by atoms with Crippen LogP contribution in [0.2, 0.25) is 0 Å². The molecule has 0 aliphatic heterocycles. The van der Waals surface area contributed by atoms with Gasteiger partial charge in [-0.05, 0) is 11.9 Å². The number of nitrogens with zero attached hydrogens (tertiary/aromatic N) is 2. The molecule has 0 fully saturated rings. The zero-order valence-electron chi connectivity index (χ0n) is 4.74. The summed E-state index contributed by atoms with van der Waals surface area (Å²) < 4.78 is 1.99. The monoisotopic (exact) mass is 128 g/mol.